The van der Waals surface area contributed by atoms with Crippen molar-refractivity contribution in [1.29, 1.82) is 0 Å². The van der Waals surface area contributed by atoms with Gasteiger partial charge in [-0.25, -0.2) is 9.97 Å². The molecule has 4 heterocycles. The number of thiazole rings is 1. The lowest BCUT2D eigenvalue weighted by Gasteiger charge is -2.21. The van der Waals surface area contributed by atoms with Crippen LogP contribution in [-0.4, -0.2) is 55.0 Å². The molecular formula is C23H27ClN6OS2. The van der Waals surface area contributed by atoms with Crippen LogP contribution in [-0.2, 0) is 12.5 Å². The average Bonchev–Trinajstić information content (AvgIpc) is 3.20. The fourth-order valence-corrected chi connectivity index (χ4v) is 6.86. The Balaban J connectivity index is 0.00000228. The van der Waals surface area contributed by atoms with Crippen LogP contribution in [0.1, 0.15) is 29.1 Å². The zero-order valence-corrected chi connectivity index (χ0v) is 21.4. The Bertz CT molecular complexity index is 1300. The summed E-state index contributed by atoms with van der Waals surface area (Å²) < 4.78 is 8.80. The summed E-state index contributed by atoms with van der Waals surface area (Å²) in [5.74, 6) is 3.27. The average molecular weight is 503 g/mol. The Morgan fingerprint density at radius 2 is 2.15 bits per heavy atom. The number of piperidine rings is 1. The second kappa shape index (κ2) is 8.69. The summed E-state index contributed by atoms with van der Waals surface area (Å²) in [6, 6.07) is 6.94. The number of fused-ring (bicyclic) bond motifs is 2. The molecule has 10 heteroatoms. The first kappa shape index (κ1) is 22.8. The van der Waals surface area contributed by atoms with Gasteiger partial charge in [0.2, 0.25) is 5.82 Å². The predicted molar refractivity (Wildman–Crippen MR) is 134 cm³/mol. The number of hydrogen-bond donors (Lipinski definition) is 0. The van der Waals surface area contributed by atoms with Crippen LogP contribution in [0.2, 0.25) is 0 Å². The van der Waals surface area contributed by atoms with Crippen molar-refractivity contribution >= 4 is 45.7 Å². The molecule has 3 aromatic heterocycles. The van der Waals surface area contributed by atoms with Gasteiger partial charge in [-0.05, 0) is 56.8 Å². The van der Waals surface area contributed by atoms with Crippen LogP contribution in [0.25, 0.3) is 21.8 Å². The number of thioether (sulfide) groups is 1. The number of oxazole rings is 1. The number of aryl methyl sites for hydroxylation is 2. The Morgan fingerprint density at radius 3 is 2.97 bits per heavy atom. The summed E-state index contributed by atoms with van der Waals surface area (Å²) in [5.41, 5.74) is 3.88. The molecule has 6 rings (SSSR count). The third kappa shape index (κ3) is 3.99. The van der Waals surface area contributed by atoms with E-state index in [2.05, 4.69) is 50.2 Å². The predicted octanol–water partition coefficient (Wildman–Crippen LogP) is 4.87. The fourth-order valence-electron chi connectivity index (χ4n) is 5.16. The molecule has 0 spiro atoms. The lowest BCUT2D eigenvalue weighted by Crippen LogP contribution is -2.27. The topological polar surface area (TPSA) is 72.9 Å². The fraction of sp³-hybridized carbons (Fsp3) is 0.478. The lowest BCUT2D eigenvalue weighted by molar-refractivity contribution is 0.299. The van der Waals surface area contributed by atoms with E-state index >= 15 is 0 Å². The van der Waals surface area contributed by atoms with Crippen molar-refractivity contribution in [3.8, 4) is 11.6 Å². The third-order valence-electron chi connectivity index (χ3n) is 6.92. The van der Waals surface area contributed by atoms with E-state index in [1.165, 1.54) is 36.2 Å². The summed E-state index contributed by atoms with van der Waals surface area (Å²) >= 11 is 3.57. The molecule has 2 fully saturated rings. The maximum atomic E-state index is 5.47. The minimum Gasteiger partial charge on any atom is -0.440 e. The molecule has 1 saturated heterocycles. The van der Waals surface area contributed by atoms with Gasteiger partial charge in [-0.15, -0.1) is 33.9 Å². The van der Waals surface area contributed by atoms with E-state index in [9.17, 15) is 0 Å². The molecule has 1 aliphatic carbocycles. The van der Waals surface area contributed by atoms with E-state index in [0.29, 0.717) is 11.2 Å². The number of halogens is 1. The summed E-state index contributed by atoms with van der Waals surface area (Å²) in [6.45, 7) is 7.56. The standard InChI is InChI=1S/C23H26N6OS2.ClH/c1-14-20(30-13-24-14)21-26-27-22(28(21)3)31-8-4-7-29-11-17-10-23(17,12-29)16-5-6-18-19(9-16)32-15(2)25-18;/h5-6,9,13,17H,4,7-8,10-12H2,1-3H3;1H/t17-,23+;/m1./s1. The maximum Gasteiger partial charge on any atom is 0.202 e. The van der Waals surface area contributed by atoms with Gasteiger partial charge in [0.25, 0.3) is 0 Å². The first-order valence-corrected chi connectivity index (χ1v) is 12.9. The van der Waals surface area contributed by atoms with Crippen molar-refractivity contribution in [1.82, 2.24) is 29.6 Å². The summed E-state index contributed by atoms with van der Waals surface area (Å²) in [7, 11) is 1.98. The van der Waals surface area contributed by atoms with Crippen LogP contribution in [0.5, 0.6) is 0 Å². The van der Waals surface area contributed by atoms with Crippen LogP contribution in [0.3, 0.4) is 0 Å². The van der Waals surface area contributed by atoms with E-state index in [0.717, 1.165) is 51.8 Å². The first-order valence-electron chi connectivity index (χ1n) is 11.1. The van der Waals surface area contributed by atoms with Crippen molar-refractivity contribution < 1.29 is 4.42 Å². The lowest BCUT2D eigenvalue weighted by atomic mass is 9.95. The Morgan fingerprint density at radius 1 is 1.27 bits per heavy atom. The molecule has 2 aliphatic rings. The number of rotatable bonds is 7. The van der Waals surface area contributed by atoms with Gasteiger partial charge in [0, 0.05) is 31.3 Å². The Labute approximate surface area is 207 Å². The minimum atomic E-state index is 0. The maximum absolute atomic E-state index is 5.47. The van der Waals surface area contributed by atoms with Gasteiger partial charge in [-0.2, -0.15) is 0 Å². The zero-order chi connectivity index (χ0) is 21.9. The molecule has 0 amide bonds. The van der Waals surface area contributed by atoms with Gasteiger partial charge < -0.3 is 13.9 Å². The van der Waals surface area contributed by atoms with Crippen molar-refractivity contribution in [2.24, 2.45) is 13.0 Å². The smallest absolute Gasteiger partial charge is 0.202 e. The highest BCUT2D eigenvalue weighted by Gasteiger charge is 2.60. The van der Waals surface area contributed by atoms with Gasteiger partial charge in [-0.1, -0.05) is 17.8 Å². The highest BCUT2D eigenvalue weighted by atomic mass is 35.5. The van der Waals surface area contributed by atoms with Gasteiger partial charge in [0.05, 0.1) is 20.9 Å². The normalized spacial score (nSPS) is 22.0. The van der Waals surface area contributed by atoms with E-state index in [1.807, 2.05) is 29.9 Å². The number of hydrogen-bond acceptors (Lipinski definition) is 8. The highest BCUT2D eigenvalue weighted by molar-refractivity contribution is 7.99. The van der Waals surface area contributed by atoms with E-state index in [-0.39, 0.29) is 12.4 Å². The van der Waals surface area contributed by atoms with Crippen LogP contribution < -0.4 is 0 Å². The zero-order valence-electron chi connectivity index (χ0n) is 18.9. The third-order valence-corrected chi connectivity index (χ3v) is 8.96. The molecule has 0 unspecified atom stereocenters. The summed E-state index contributed by atoms with van der Waals surface area (Å²) in [6.07, 6.45) is 3.93. The molecule has 1 aromatic carbocycles. The van der Waals surface area contributed by atoms with Gasteiger partial charge in [0.15, 0.2) is 17.3 Å². The molecule has 0 N–H and O–H groups in total. The quantitative estimate of drug-likeness (QED) is 0.263. The molecule has 4 aromatic rings. The second-order valence-corrected chi connectivity index (χ2v) is 11.3. The molecule has 1 saturated carbocycles. The van der Waals surface area contributed by atoms with Crippen molar-refractivity contribution in [2.45, 2.75) is 37.3 Å². The van der Waals surface area contributed by atoms with E-state index in [4.69, 9.17) is 4.42 Å². The number of benzene rings is 1. The first-order chi connectivity index (χ1) is 15.5. The Kier molecular flexibility index (Phi) is 6.01. The molecular weight excluding hydrogens is 476 g/mol. The van der Waals surface area contributed by atoms with E-state index < -0.39 is 0 Å². The largest absolute Gasteiger partial charge is 0.440 e. The van der Waals surface area contributed by atoms with Crippen LogP contribution in [0, 0.1) is 19.8 Å². The minimum absolute atomic E-state index is 0. The monoisotopic (exact) mass is 502 g/mol. The van der Waals surface area contributed by atoms with E-state index in [1.54, 1.807) is 11.8 Å². The molecule has 0 radical (unpaired) electrons. The molecule has 7 nitrogen and oxygen atoms in total. The van der Waals surface area contributed by atoms with Crippen molar-refractivity contribution in [3.05, 3.63) is 40.9 Å². The molecule has 33 heavy (non-hydrogen) atoms. The second-order valence-electron chi connectivity index (χ2n) is 9.04. The molecule has 174 valence electrons. The number of likely N-dealkylation sites (tertiary alicyclic amines) is 1. The molecule has 0 bridgehead atoms. The van der Waals surface area contributed by atoms with Gasteiger partial charge in [0.1, 0.15) is 0 Å². The highest BCUT2D eigenvalue weighted by Crippen LogP contribution is 2.59. The van der Waals surface area contributed by atoms with Gasteiger partial charge >= 0.3 is 0 Å². The SMILES string of the molecule is Cc1nc2ccc([C@@]34C[C@@H]3CN(CCCSc3nnc(-c5ocnc5C)n3C)C4)cc2s1.Cl. The summed E-state index contributed by atoms with van der Waals surface area (Å²) in [5, 5.41) is 10.7. The van der Waals surface area contributed by atoms with Crippen LogP contribution in [0.4, 0.5) is 0 Å². The number of nitrogens with zero attached hydrogens (tertiary/aromatic N) is 6. The van der Waals surface area contributed by atoms with Crippen molar-refractivity contribution in [3.63, 3.8) is 0 Å². The molecule has 2 atom stereocenters. The Hall–Kier alpha value is -1.94. The van der Waals surface area contributed by atoms with Crippen molar-refractivity contribution in [2.75, 3.05) is 25.4 Å². The van der Waals surface area contributed by atoms with Gasteiger partial charge in [-0.3, -0.25) is 0 Å². The van der Waals surface area contributed by atoms with Crippen LogP contribution >= 0.6 is 35.5 Å². The van der Waals surface area contributed by atoms with Crippen LogP contribution in [0.15, 0.2) is 34.2 Å². The molecule has 1 aliphatic heterocycles. The summed E-state index contributed by atoms with van der Waals surface area (Å²) in [4.78, 5) is 11.4. The number of aromatic nitrogens is 5.